The molecule has 0 saturated heterocycles. The van der Waals surface area contributed by atoms with Crippen molar-refractivity contribution in [3.8, 4) is 11.4 Å². The van der Waals surface area contributed by atoms with E-state index in [9.17, 15) is 0 Å². The maximum atomic E-state index is 5.25. The molecule has 0 aliphatic carbocycles. The van der Waals surface area contributed by atoms with Crippen LogP contribution in [0.1, 0.15) is 0 Å². The third-order valence-corrected chi connectivity index (χ3v) is 3.70. The monoisotopic (exact) mass is 362 g/mol. The number of benzene rings is 1. The lowest BCUT2D eigenvalue weighted by Gasteiger charge is -2.10. The predicted molar refractivity (Wildman–Crippen MR) is 72.9 cm³/mol. The van der Waals surface area contributed by atoms with Crippen molar-refractivity contribution in [3.05, 3.63) is 38.2 Å². The van der Waals surface area contributed by atoms with Crippen LogP contribution in [0.25, 0.3) is 5.69 Å². The number of nitrogens with zero attached hydrogens (tertiary/aromatic N) is 1. The first kappa shape index (κ1) is 11.9. The normalized spacial score (nSPS) is 10.4. The van der Waals surface area contributed by atoms with Gasteiger partial charge in [0.05, 0.1) is 17.3 Å². The molecule has 0 atom stereocenters. The van der Waals surface area contributed by atoms with E-state index in [1.807, 2.05) is 22.9 Å². The summed E-state index contributed by atoms with van der Waals surface area (Å²) < 4.78 is 9.60. The first-order chi connectivity index (χ1) is 7.63. The van der Waals surface area contributed by atoms with Crippen LogP contribution in [0.2, 0.25) is 0 Å². The van der Waals surface area contributed by atoms with Crippen LogP contribution in [-0.4, -0.2) is 16.7 Å². The maximum Gasteiger partial charge on any atom is 0.181 e. The average Bonchev–Trinajstić information content (AvgIpc) is 2.65. The van der Waals surface area contributed by atoms with E-state index in [0.717, 1.165) is 20.4 Å². The van der Waals surface area contributed by atoms with Crippen LogP contribution in [0.4, 0.5) is 0 Å². The smallest absolute Gasteiger partial charge is 0.181 e. The highest BCUT2D eigenvalue weighted by atomic mass is 79.9. The first-order valence-corrected chi connectivity index (χ1v) is 6.42. The number of aromatic amines is 1. The zero-order valence-electron chi connectivity index (χ0n) is 8.33. The van der Waals surface area contributed by atoms with Crippen molar-refractivity contribution in [2.24, 2.45) is 0 Å². The summed E-state index contributed by atoms with van der Waals surface area (Å²) >= 11 is 12.1. The Morgan fingerprint density at radius 1 is 1.31 bits per heavy atom. The molecular weight excluding hydrogens is 356 g/mol. The van der Waals surface area contributed by atoms with Gasteiger partial charge in [-0.2, -0.15) is 0 Å². The van der Waals surface area contributed by atoms with Gasteiger partial charge in [0.2, 0.25) is 0 Å². The Morgan fingerprint density at radius 2 is 2.06 bits per heavy atom. The molecule has 84 valence electrons. The summed E-state index contributed by atoms with van der Waals surface area (Å²) in [6, 6.07) is 3.85. The van der Waals surface area contributed by atoms with Gasteiger partial charge in [-0.15, -0.1) is 0 Å². The number of imidazole rings is 1. The van der Waals surface area contributed by atoms with Crippen molar-refractivity contribution in [1.29, 1.82) is 0 Å². The van der Waals surface area contributed by atoms with E-state index in [2.05, 4.69) is 36.8 Å². The van der Waals surface area contributed by atoms with Crippen LogP contribution in [0.15, 0.2) is 33.5 Å². The number of nitrogens with one attached hydrogen (secondary N) is 1. The quantitative estimate of drug-likeness (QED) is 0.815. The van der Waals surface area contributed by atoms with Crippen LogP contribution >= 0.6 is 44.1 Å². The largest absolute Gasteiger partial charge is 0.495 e. The Bertz CT molecular complexity index is 576. The number of hydrogen-bond donors (Lipinski definition) is 1. The van der Waals surface area contributed by atoms with Crippen molar-refractivity contribution in [2.75, 3.05) is 7.11 Å². The number of H-pyrrole nitrogens is 1. The van der Waals surface area contributed by atoms with E-state index in [1.165, 1.54) is 0 Å². The van der Waals surface area contributed by atoms with E-state index in [4.69, 9.17) is 17.0 Å². The lowest BCUT2D eigenvalue weighted by atomic mass is 10.3. The highest BCUT2D eigenvalue weighted by Gasteiger charge is 2.09. The topological polar surface area (TPSA) is 29.9 Å². The Hall–Kier alpha value is -0.590. The van der Waals surface area contributed by atoms with E-state index in [1.54, 1.807) is 13.3 Å². The zero-order valence-corrected chi connectivity index (χ0v) is 12.3. The average molecular weight is 364 g/mol. The summed E-state index contributed by atoms with van der Waals surface area (Å²) in [6.45, 7) is 0. The van der Waals surface area contributed by atoms with Crippen molar-refractivity contribution in [1.82, 2.24) is 9.55 Å². The molecule has 2 aromatic rings. The van der Waals surface area contributed by atoms with Gasteiger partial charge in [-0.1, -0.05) is 0 Å². The van der Waals surface area contributed by atoms with Gasteiger partial charge in [0, 0.05) is 22.9 Å². The first-order valence-electron chi connectivity index (χ1n) is 4.43. The molecule has 16 heavy (non-hydrogen) atoms. The predicted octanol–water partition coefficient (Wildman–Crippen LogP) is 4.07. The lowest BCUT2D eigenvalue weighted by Crippen LogP contribution is -1.95. The van der Waals surface area contributed by atoms with Crippen LogP contribution in [0, 0.1) is 4.77 Å². The van der Waals surface area contributed by atoms with Gasteiger partial charge in [-0.05, 0) is 50.1 Å². The summed E-state index contributed by atoms with van der Waals surface area (Å²) in [7, 11) is 1.63. The van der Waals surface area contributed by atoms with Crippen molar-refractivity contribution >= 4 is 44.1 Å². The SMILES string of the molecule is COc1cc(-n2cc[nH]c2=S)c(Br)cc1Br. The minimum atomic E-state index is 0.644. The molecule has 0 bridgehead atoms. The lowest BCUT2D eigenvalue weighted by molar-refractivity contribution is 0.412. The van der Waals surface area contributed by atoms with E-state index >= 15 is 0 Å². The number of ether oxygens (including phenoxy) is 1. The minimum Gasteiger partial charge on any atom is -0.495 e. The summed E-state index contributed by atoms with van der Waals surface area (Å²) in [6.07, 6.45) is 3.67. The van der Waals surface area contributed by atoms with E-state index < -0.39 is 0 Å². The molecule has 3 nitrogen and oxygen atoms in total. The summed E-state index contributed by atoms with van der Waals surface area (Å²) in [5.41, 5.74) is 0.936. The Balaban J connectivity index is 2.66. The molecule has 0 unspecified atom stereocenters. The molecule has 6 heteroatoms. The van der Waals surface area contributed by atoms with Crippen LogP contribution in [-0.2, 0) is 0 Å². The number of rotatable bonds is 2. The summed E-state index contributed by atoms with van der Waals surface area (Å²) in [4.78, 5) is 2.95. The van der Waals surface area contributed by atoms with Crippen molar-refractivity contribution < 1.29 is 4.74 Å². The molecule has 0 fully saturated rings. The Labute approximate surface area is 115 Å². The van der Waals surface area contributed by atoms with Gasteiger partial charge in [-0.3, -0.25) is 4.57 Å². The van der Waals surface area contributed by atoms with Gasteiger partial charge < -0.3 is 9.72 Å². The fourth-order valence-electron chi connectivity index (χ4n) is 1.37. The van der Waals surface area contributed by atoms with Crippen molar-refractivity contribution in [3.63, 3.8) is 0 Å². The molecule has 0 aliphatic heterocycles. The fourth-order valence-corrected chi connectivity index (χ4v) is 2.94. The van der Waals surface area contributed by atoms with E-state index in [0.29, 0.717) is 4.77 Å². The summed E-state index contributed by atoms with van der Waals surface area (Å²) in [5.74, 6) is 0.765. The number of hydrogen-bond acceptors (Lipinski definition) is 2. The number of methoxy groups -OCH3 is 1. The third-order valence-electron chi connectivity index (χ3n) is 2.13. The fraction of sp³-hybridized carbons (Fsp3) is 0.100. The van der Waals surface area contributed by atoms with Crippen LogP contribution in [0.3, 0.4) is 0 Å². The highest BCUT2D eigenvalue weighted by Crippen LogP contribution is 2.33. The molecule has 0 aliphatic rings. The van der Waals surface area contributed by atoms with Crippen LogP contribution in [0.5, 0.6) is 5.75 Å². The van der Waals surface area contributed by atoms with E-state index in [-0.39, 0.29) is 0 Å². The molecule has 2 rings (SSSR count). The molecular formula is C10H8Br2N2OS. The molecule has 1 aromatic carbocycles. The van der Waals surface area contributed by atoms with Gasteiger partial charge in [0.15, 0.2) is 4.77 Å². The molecule has 0 radical (unpaired) electrons. The van der Waals surface area contributed by atoms with Crippen LogP contribution < -0.4 is 4.74 Å². The number of aromatic nitrogens is 2. The molecule has 0 amide bonds. The Morgan fingerprint density at radius 3 is 2.62 bits per heavy atom. The standard InChI is InChI=1S/C10H8Br2N2OS/c1-15-9-5-8(6(11)4-7(9)12)14-3-2-13-10(14)16/h2-5H,1H3,(H,13,16). The second-order valence-corrected chi connectivity index (χ2v) is 5.17. The maximum absolute atomic E-state index is 5.25. The summed E-state index contributed by atoms with van der Waals surface area (Å²) in [5, 5.41) is 0. The second kappa shape index (κ2) is 4.73. The molecule has 0 spiro atoms. The van der Waals surface area contributed by atoms with Gasteiger partial charge in [0.25, 0.3) is 0 Å². The van der Waals surface area contributed by atoms with Gasteiger partial charge in [0.1, 0.15) is 5.75 Å². The molecule has 1 heterocycles. The molecule has 1 aromatic heterocycles. The minimum absolute atomic E-state index is 0.644. The van der Waals surface area contributed by atoms with Crippen molar-refractivity contribution in [2.45, 2.75) is 0 Å². The third kappa shape index (κ3) is 2.09. The number of halogens is 2. The highest BCUT2D eigenvalue weighted by molar-refractivity contribution is 9.11. The van der Waals surface area contributed by atoms with Gasteiger partial charge >= 0.3 is 0 Å². The van der Waals surface area contributed by atoms with Gasteiger partial charge in [-0.25, -0.2) is 0 Å². The zero-order chi connectivity index (χ0) is 11.7. The Kier molecular flexibility index (Phi) is 3.51. The molecule has 1 N–H and O–H groups in total. The second-order valence-electron chi connectivity index (χ2n) is 3.07. The molecule has 0 saturated carbocycles.